The summed E-state index contributed by atoms with van der Waals surface area (Å²) in [5.74, 6) is 0.0583. The molecule has 7 nitrogen and oxygen atoms in total. The number of amides is 1. The van der Waals surface area contributed by atoms with E-state index in [9.17, 15) is 9.59 Å². The predicted molar refractivity (Wildman–Crippen MR) is 80.1 cm³/mol. The van der Waals surface area contributed by atoms with E-state index in [1.165, 1.54) is 12.4 Å². The third-order valence-electron chi connectivity index (χ3n) is 3.12. The van der Waals surface area contributed by atoms with E-state index >= 15 is 0 Å². The molecule has 110 valence electrons. The molecule has 0 aliphatic rings. The van der Waals surface area contributed by atoms with Crippen LogP contribution in [0.25, 0.3) is 11.3 Å². The first-order valence-corrected chi connectivity index (χ1v) is 6.65. The molecule has 22 heavy (non-hydrogen) atoms. The second kappa shape index (κ2) is 6.04. The third kappa shape index (κ3) is 2.93. The number of benzene rings is 1. The van der Waals surface area contributed by atoms with Crippen molar-refractivity contribution in [2.24, 2.45) is 0 Å². The van der Waals surface area contributed by atoms with Crippen LogP contribution in [0.1, 0.15) is 16.2 Å². The maximum absolute atomic E-state index is 12.1. The van der Waals surface area contributed by atoms with Gasteiger partial charge in [0.1, 0.15) is 17.7 Å². The van der Waals surface area contributed by atoms with Gasteiger partial charge in [-0.1, -0.05) is 30.3 Å². The number of aromatic amines is 2. The Bertz CT molecular complexity index is 825. The van der Waals surface area contributed by atoms with Crippen molar-refractivity contribution in [3.05, 3.63) is 70.5 Å². The molecule has 1 aromatic carbocycles. The number of pyridine rings is 1. The van der Waals surface area contributed by atoms with Crippen molar-refractivity contribution in [2.75, 3.05) is 0 Å². The monoisotopic (exact) mass is 295 g/mol. The molecular weight excluding hydrogens is 282 g/mol. The smallest absolute Gasteiger partial charge is 0.261 e. The Balaban J connectivity index is 1.77. The highest BCUT2D eigenvalue weighted by Gasteiger charge is 2.11. The molecule has 7 heteroatoms. The molecule has 0 atom stereocenters. The Hall–Kier alpha value is -3.22. The Kier molecular flexibility index (Phi) is 3.78. The van der Waals surface area contributed by atoms with Crippen molar-refractivity contribution < 1.29 is 4.79 Å². The van der Waals surface area contributed by atoms with Gasteiger partial charge in [-0.25, -0.2) is 4.98 Å². The molecule has 2 aromatic heterocycles. The zero-order valence-electron chi connectivity index (χ0n) is 11.5. The Morgan fingerprint density at radius 3 is 2.64 bits per heavy atom. The topological polar surface area (TPSA) is 104 Å². The van der Waals surface area contributed by atoms with Gasteiger partial charge in [-0.05, 0) is 17.7 Å². The van der Waals surface area contributed by atoms with Crippen molar-refractivity contribution >= 4 is 5.91 Å². The highest BCUT2D eigenvalue weighted by molar-refractivity contribution is 5.93. The SMILES string of the molecule is O=C(NCc1ncn[nH]1)c1ccc(-c2ccccc2)[nH]c1=O. The number of carbonyl (C=O) groups excluding carboxylic acids is 1. The van der Waals surface area contributed by atoms with Gasteiger partial charge in [-0.2, -0.15) is 5.10 Å². The third-order valence-corrected chi connectivity index (χ3v) is 3.12. The molecule has 0 bridgehead atoms. The molecule has 0 radical (unpaired) electrons. The van der Waals surface area contributed by atoms with Crippen molar-refractivity contribution in [2.45, 2.75) is 6.54 Å². The quantitative estimate of drug-likeness (QED) is 0.670. The molecule has 1 amide bonds. The second-order valence-electron chi connectivity index (χ2n) is 4.60. The maximum atomic E-state index is 12.1. The summed E-state index contributed by atoms with van der Waals surface area (Å²) in [5, 5.41) is 8.92. The zero-order valence-corrected chi connectivity index (χ0v) is 11.5. The van der Waals surface area contributed by atoms with Gasteiger partial charge in [0.2, 0.25) is 0 Å². The highest BCUT2D eigenvalue weighted by atomic mass is 16.2. The van der Waals surface area contributed by atoms with Crippen LogP contribution in [0.4, 0.5) is 0 Å². The fourth-order valence-electron chi connectivity index (χ4n) is 2.01. The van der Waals surface area contributed by atoms with E-state index in [1.54, 1.807) is 6.07 Å². The first kappa shape index (κ1) is 13.7. The van der Waals surface area contributed by atoms with Crippen molar-refractivity contribution in [1.29, 1.82) is 0 Å². The largest absolute Gasteiger partial charge is 0.345 e. The minimum atomic E-state index is -0.461. The average Bonchev–Trinajstić information content (AvgIpc) is 3.07. The summed E-state index contributed by atoms with van der Waals surface area (Å²) in [5.41, 5.74) is 1.17. The fourth-order valence-corrected chi connectivity index (χ4v) is 2.01. The second-order valence-corrected chi connectivity index (χ2v) is 4.60. The van der Waals surface area contributed by atoms with Crippen LogP contribution in [-0.4, -0.2) is 26.1 Å². The van der Waals surface area contributed by atoms with Crippen molar-refractivity contribution in [1.82, 2.24) is 25.5 Å². The summed E-state index contributed by atoms with van der Waals surface area (Å²) in [6.07, 6.45) is 1.35. The lowest BCUT2D eigenvalue weighted by Crippen LogP contribution is -2.29. The summed E-state index contributed by atoms with van der Waals surface area (Å²) in [4.78, 5) is 30.7. The molecule has 0 saturated heterocycles. The molecule has 3 rings (SSSR count). The lowest BCUT2D eigenvalue weighted by atomic mass is 10.1. The number of carbonyl (C=O) groups is 1. The zero-order chi connectivity index (χ0) is 15.4. The molecule has 0 fully saturated rings. The number of hydrogen-bond donors (Lipinski definition) is 3. The number of rotatable bonds is 4. The van der Waals surface area contributed by atoms with E-state index in [0.717, 1.165) is 5.56 Å². The van der Waals surface area contributed by atoms with Crippen LogP contribution < -0.4 is 10.9 Å². The standard InChI is InChI=1S/C15H13N5O2/c21-14(16-8-13-17-9-18-20-13)11-6-7-12(19-15(11)22)10-4-2-1-3-5-10/h1-7,9H,8H2,(H,16,21)(H,19,22)(H,17,18,20). The summed E-state index contributed by atoms with van der Waals surface area (Å²) in [6, 6.07) is 12.6. The van der Waals surface area contributed by atoms with Crippen LogP contribution in [0, 0.1) is 0 Å². The van der Waals surface area contributed by atoms with Gasteiger partial charge < -0.3 is 10.3 Å². The van der Waals surface area contributed by atoms with Gasteiger partial charge >= 0.3 is 0 Å². The minimum absolute atomic E-state index is 0.0548. The molecule has 3 N–H and O–H groups in total. The van der Waals surface area contributed by atoms with E-state index in [-0.39, 0.29) is 12.1 Å². The summed E-state index contributed by atoms with van der Waals surface area (Å²) in [6.45, 7) is 0.179. The Morgan fingerprint density at radius 2 is 1.95 bits per heavy atom. The van der Waals surface area contributed by atoms with Crippen LogP contribution in [0.5, 0.6) is 0 Å². The fraction of sp³-hybridized carbons (Fsp3) is 0.0667. The molecule has 0 aliphatic heterocycles. The predicted octanol–water partition coefficient (Wildman–Crippen LogP) is 1.09. The van der Waals surface area contributed by atoms with Crippen LogP contribution >= 0.6 is 0 Å². The average molecular weight is 295 g/mol. The number of aromatic nitrogens is 4. The van der Waals surface area contributed by atoms with Crippen LogP contribution in [-0.2, 0) is 6.54 Å². The van der Waals surface area contributed by atoms with Crippen molar-refractivity contribution in [3.8, 4) is 11.3 Å². The molecule has 3 aromatic rings. The first-order chi connectivity index (χ1) is 10.7. The van der Waals surface area contributed by atoms with E-state index in [1.807, 2.05) is 30.3 Å². The van der Waals surface area contributed by atoms with Gasteiger partial charge in [-0.15, -0.1) is 0 Å². The van der Waals surface area contributed by atoms with Crippen LogP contribution in [0.2, 0.25) is 0 Å². The maximum Gasteiger partial charge on any atom is 0.261 e. The van der Waals surface area contributed by atoms with Crippen molar-refractivity contribution in [3.63, 3.8) is 0 Å². The minimum Gasteiger partial charge on any atom is -0.345 e. The lowest BCUT2D eigenvalue weighted by Gasteiger charge is -2.05. The highest BCUT2D eigenvalue weighted by Crippen LogP contribution is 2.14. The molecule has 0 unspecified atom stereocenters. The van der Waals surface area contributed by atoms with E-state index < -0.39 is 11.5 Å². The van der Waals surface area contributed by atoms with Gasteiger partial charge in [0, 0.05) is 5.69 Å². The molecular formula is C15H13N5O2. The molecule has 2 heterocycles. The number of hydrogen-bond acceptors (Lipinski definition) is 4. The van der Waals surface area contributed by atoms with E-state index in [0.29, 0.717) is 11.5 Å². The van der Waals surface area contributed by atoms with Crippen LogP contribution in [0.15, 0.2) is 53.6 Å². The summed E-state index contributed by atoms with van der Waals surface area (Å²) < 4.78 is 0. The molecule has 0 spiro atoms. The Morgan fingerprint density at radius 1 is 1.14 bits per heavy atom. The van der Waals surface area contributed by atoms with E-state index in [2.05, 4.69) is 25.5 Å². The number of nitrogens with one attached hydrogen (secondary N) is 3. The van der Waals surface area contributed by atoms with Gasteiger partial charge in [-0.3, -0.25) is 14.7 Å². The summed E-state index contributed by atoms with van der Waals surface area (Å²) in [7, 11) is 0. The van der Waals surface area contributed by atoms with Gasteiger partial charge in [0.25, 0.3) is 11.5 Å². The number of H-pyrrole nitrogens is 2. The van der Waals surface area contributed by atoms with E-state index in [4.69, 9.17) is 0 Å². The summed E-state index contributed by atoms with van der Waals surface area (Å²) >= 11 is 0. The first-order valence-electron chi connectivity index (χ1n) is 6.65. The Labute approximate surface area is 125 Å². The lowest BCUT2D eigenvalue weighted by molar-refractivity contribution is 0.0948. The normalized spacial score (nSPS) is 10.4. The van der Waals surface area contributed by atoms with Gasteiger partial charge in [0.15, 0.2) is 0 Å². The van der Waals surface area contributed by atoms with Gasteiger partial charge in [0.05, 0.1) is 6.54 Å². The molecule has 0 saturated carbocycles. The van der Waals surface area contributed by atoms with Crippen LogP contribution in [0.3, 0.4) is 0 Å². The molecule has 0 aliphatic carbocycles. The number of nitrogens with zero attached hydrogens (tertiary/aromatic N) is 2.